The zero-order chi connectivity index (χ0) is 22.5. The Morgan fingerprint density at radius 3 is 2.47 bits per heavy atom. The molecule has 0 radical (unpaired) electrons. The second-order valence-electron chi connectivity index (χ2n) is 7.96. The smallest absolute Gasteiger partial charge is 0.255 e. The molecule has 1 aromatic heterocycles. The summed E-state index contributed by atoms with van der Waals surface area (Å²) in [5.74, 6) is 1.66. The van der Waals surface area contributed by atoms with Gasteiger partial charge in [0.25, 0.3) is 5.91 Å². The van der Waals surface area contributed by atoms with Gasteiger partial charge < -0.3 is 14.5 Å². The summed E-state index contributed by atoms with van der Waals surface area (Å²) in [6.07, 6.45) is 2.03. The largest absolute Gasteiger partial charge is 0.494 e. The number of ether oxygens (including phenoxy) is 1. The summed E-state index contributed by atoms with van der Waals surface area (Å²) >= 11 is 0. The fourth-order valence-corrected chi connectivity index (χ4v) is 3.43. The topological polar surface area (TPSA) is 64.4 Å². The van der Waals surface area contributed by atoms with Gasteiger partial charge in [0.2, 0.25) is 5.89 Å². The molecule has 0 aliphatic carbocycles. The van der Waals surface area contributed by atoms with Crippen LogP contribution in [0.2, 0.25) is 0 Å². The fourth-order valence-electron chi connectivity index (χ4n) is 3.43. The lowest BCUT2D eigenvalue weighted by molar-refractivity contribution is 0.102. The van der Waals surface area contributed by atoms with Crippen LogP contribution in [-0.2, 0) is 0 Å². The summed E-state index contributed by atoms with van der Waals surface area (Å²) in [6.45, 7) is 7.11. The number of nitrogens with zero attached hydrogens (tertiary/aromatic N) is 1. The first-order valence-corrected chi connectivity index (χ1v) is 11.1. The Balaban J connectivity index is 1.45. The molecule has 1 heterocycles. The SMILES string of the molecule is CCCOc1ccc(C(=O)Nc2ccc(-c3nc4cc([C@@H](C)CC)ccc4o3)cc2)cc1. The van der Waals surface area contributed by atoms with E-state index in [2.05, 4.69) is 43.2 Å². The molecule has 0 saturated carbocycles. The van der Waals surface area contributed by atoms with Crippen molar-refractivity contribution < 1.29 is 13.9 Å². The third-order valence-corrected chi connectivity index (χ3v) is 5.57. The maximum atomic E-state index is 12.5. The minimum absolute atomic E-state index is 0.167. The van der Waals surface area contributed by atoms with Crippen molar-refractivity contribution in [2.24, 2.45) is 0 Å². The molecule has 0 saturated heterocycles. The van der Waals surface area contributed by atoms with Gasteiger partial charge in [-0.3, -0.25) is 4.79 Å². The van der Waals surface area contributed by atoms with Crippen molar-refractivity contribution in [2.75, 3.05) is 11.9 Å². The van der Waals surface area contributed by atoms with E-state index in [0.717, 1.165) is 35.3 Å². The molecule has 0 fully saturated rings. The molecule has 0 aliphatic rings. The van der Waals surface area contributed by atoms with Gasteiger partial charge in [-0.05, 0) is 85.0 Å². The molecule has 5 nitrogen and oxygen atoms in total. The fraction of sp³-hybridized carbons (Fsp3) is 0.259. The first-order chi connectivity index (χ1) is 15.6. The molecule has 4 rings (SSSR count). The number of hydrogen-bond donors (Lipinski definition) is 1. The van der Waals surface area contributed by atoms with Gasteiger partial charge in [-0.15, -0.1) is 0 Å². The highest BCUT2D eigenvalue weighted by molar-refractivity contribution is 6.04. The number of benzene rings is 3. The Morgan fingerprint density at radius 1 is 1.03 bits per heavy atom. The number of amides is 1. The van der Waals surface area contributed by atoms with Crippen LogP contribution in [-0.4, -0.2) is 17.5 Å². The number of hydrogen-bond acceptors (Lipinski definition) is 4. The molecule has 32 heavy (non-hydrogen) atoms. The van der Waals surface area contributed by atoms with Crippen LogP contribution in [0.4, 0.5) is 5.69 Å². The molecular formula is C27H28N2O3. The lowest BCUT2D eigenvalue weighted by Crippen LogP contribution is -2.11. The first kappa shape index (κ1) is 21.6. The van der Waals surface area contributed by atoms with E-state index >= 15 is 0 Å². The summed E-state index contributed by atoms with van der Waals surface area (Å²) < 4.78 is 11.5. The van der Waals surface area contributed by atoms with Crippen LogP contribution < -0.4 is 10.1 Å². The number of anilines is 1. The minimum Gasteiger partial charge on any atom is -0.494 e. The maximum absolute atomic E-state index is 12.5. The van der Waals surface area contributed by atoms with Gasteiger partial charge in [-0.2, -0.15) is 0 Å². The number of rotatable bonds is 8. The van der Waals surface area contributed by atoms with E-state index in [4.69, 9.17) is 9.15 Å². The van der Waals surface area contributed by atoms with Crippen LogP contribution in [0.3, 0.4) is 0 Å². The normalized spacial score (nSPS) is 12.0. The number of carbonyl (C=O) groups is 1. The zero-order valence-corrected chi connectivity index (χ0v) is 18.7. The van der Waals surface area contributed by atoms with Crippen LogP contribution in [0, 0.1) is 0 Å². The highest BCUT2D eigenvalue weighted by Crippen LogP contribution is 2.28. The molecule has 1 atom stereocenters. The van der Waals surface area contributed by atoms with Crippen LogP contribution in [0.25, 0.3) is 22.6 Å². The Bertz CT molecular complexity index is 1190. The van der Waals surface area contributed by atoms with E-state index in [0.29, 0.717) is 29.7 Å². The highest BCUT2D eigenvalue weighted by Gasteiger charge is 2.12. The summed E-state index contributed by atoms with van der Waals surface area (Å²) in [4.78, 5) is 17.2. The molecular weight excluding hydrogens is 400 g/mol. The Hall–Kier alpha value is -3.60. The average Bonchev–Trinajstić information content (AvgIpc) is 3.26. The molecule has 4 aromatic rings. The van der Waals surface area contributed by atoms with Gasteiger partial charge >= 0.3 is 0 Å². The Kier molecular flexibility index (Phi) is 6.55. The van der Waals surface area contributed by atoms with Crippen LogP contribution in [0.1, 0.15) is 55.5 Å². The van der Waals surface area contributed by atoms with Gasteiger partial charge in [-0.25, -0.2) is 4.98 Å². The summed E-state index contributed by atoms with van der Waals surface area (Å²) in [5, 5.41) is 2.92. The summed E-state index contributed by atoms with van der Waals surface area (Å²) in [5.41, 5.74) is 5.05. The van der Waals surface area contributed by atoms with Crippen molar-refractivity contribution in [3.63, 3.8) is 0 Å². The van der Waals surface area contributed by atoms with E-state index < -0.39 is 0 Å². The quantitative estimate of drug-likeness (QED) is 0.327. The van der Waals surface area contributed by atoms with Crippen molar-refractivity contribution in [2.45, 2.75) is 39.5 Å². The number of nitrogens with one attached hydrogen (secondary N) is 1. The molecule has 1 N–H and O–H groups in total. The molecule has 3 aromatic carbocycles. The van der Waals surface area contributed by atoms with E-state index in [9.17, 15) is 4.79 Å². The Morgan fingerprint density at radius 2 is 1.78 bits per heavy atom. The molecule has 0 bridgehead atoms. The molecule has 5 heteroatoms. The monoisotopic (exact) mass is 428 g/mol. The predicted octanol–water partition coefficient (Wildman–Crippen LogP) is 7.05. The molecule has 0 aliphatic heterocycles. The van der Waals surface area contributed by atoms with Crippen molar-refractivity contribution in [1.29, 1.82) is 0 Å². The van der Waals surface area contributed by atoms with Gasteiger partial charge in [-0.1, -0.05) is 26.8 Å². The van der Waals surface area contributed by atoms with E-state index in [1.165, 1.54) is 5.56 Å². The van der Waals surface area contributed by atoms with Crippen molar-refractivity contribution in [3.8, 4) is 17.2 Å². The maximum Gasteiger partial charge on any atom is 0.255 e. The number of fused-ring (bicyclic) bond motifs is 1. The van der Waals surface area contributed by atoms with Crippen molar-refractivity contribution in [1.82, 2.24) is 4.98 Å². The number of carbonyl (C=O) groups excluding carboxylic acids is 1. The van der Waals surface area contributed by atoms with Gasteiger partial charge in [0.15, 0.2) is 5.58 Å². The predicted molar refractivity (Wildman–Crippen MR) is 128 cm³/mol. The van der Waals surface area contributed by atoms with Crippen molar-refractivity contribution in [3.05, 3.63) is 77.9 Å². The van der Waals surface area contributed by atoms with E-state index in [-0.39, 0.29) is 5.91 Å². The van der Waals surface area contributed by atoms with Crippen LogP contribution in [0.5, 0.6) is 5.75 Å². The molecule has 1 amide bonds. The summed E-state index contributed by atoms with van der Waals surface area (Å²) in [6, 6.07) is 20.9. The van der Waals surface area contributed by atoms with Gasteiger partial charge in [0.1, 0.15) is 11.3 Å². The number of aromatic nitrogens is 1. The lowest BCUT2D eigenvalue weighted by Gasteiger charge is -2.07. The van der Waals surface area contributed by atoms with E-state index in [1.54, 1.807) is 12.1 Å². The molecule has 0 unspecified atom stereocenters. The van der Waals surface area contributed by atoms with E-state index in [1.807, 2.05) is 42.5 Å². The van der Waals surface area contributed by atoms with Crippen molar-refractivity contribution >= 4 is 22.7 Å². The Labute approximate surface area is 188 Å². The standard InChI is InChI=1S/C27H28N2O3/c1-4-16-31-23-13-8-19(9-14-23)26(30)28-22-11-6-20(7-12-22)27-29-24-17-21(18(3)5-2)10-15-25(24)32-27/h6-15,17-18H,4-5,16H2,1-3H3,(H,28,30)/t18-/m0/s1. The second kappa shape index (κ2) is 9.69. The summed E-state index contributed by atoms with van der Waals surface area (Å²) in [7, 11) is 0. The third-order valence-electron chi connectivity index (χ3n) is 5.57. The minimum atomic E-state index is -0.167. The van der Waals surface area contributed by atoms with Crippen LogP contribution >= 0.6 is 0 Å². The van der Waals surface area contributed by atoms with Crippen LogP contribution in [0.15, 0.2) is 71.1 Å². The number of oxazole rings is 1. The third kappa shape index (κ3) is 4.83. The molecule has 164 valence electrons. The van der Waals surface area contributed by atoms with Gasteiger partial charge in [0, 0.05) is 16.8 Å². The molecule has 0 spiro atoms. The van der Waals surface area contributed by atoms with Gasteiger partial charge in [0.05, 0.1) is 6.61 Å². The lowest BCUT2D eigenvalue weighted by atomic mass is 9.98. The second-order valence-corrected chi connectivity index (χ2v) is 7.96. The first-order valence-electron chi connectivity index (χ1n) is 11.1. The zero-order valence-electron chi connectivity index (χ0n) is 18.7. The average molecular weight is 429 g/mol. The highest BCUT2D eigenvalue weighted by atomic mass is 16.5.